The second-order valence-corrected chi connectivity index (χ2v) is 5.95. The fourth-order valence-electron chi connectivity index (χ4n) is 3.11. The molecular formula is C15H19N7O2. The molecule has 0 N–H and O–H groups in total. The topological polar surface area (TPSA) is 89.3 Å². The Bertz CT molecular complexity index is 692. The molecule has 4 heterocycles. The molecule has 2 fully saturated rings. The Balaban J connectivity index is 1.41. The number of nitrogens with zero attached hydrogens (tertiary/aromatic N) is 7. The molecule has 0 spiro atoms. The van der Waals surface area contributed by atoms with Gasteiger partial charge in [-0.25, -0.2) is 19.6 Å². The number of hydrogen-bond acceptors (Lipinski definition) is 7. The molecule has 4 rings (SSSR count). The van der Waals surface area contributed by atoms with Crippen LogP contribution in [0, 0.1) is 5.92 Å². The zero-order chi connectivity index (χ0) is 16.4. The van der Waals surface area contributed by atoms with Crippen molar-refractivity contribution in [3.05, 3.63) is 25.0 Å². The highest BCUT2D eigenvalue weighted by atomic mass is 16.5. The van der Waals surface area contributed by atoms with Crippen molar-refractivity contribution in [2.45, 2.75) is 6.42 Å². The Kier molecular flexibility index (Phi) is 4.08. The molecule has 2 aromatic rings. The average molecular weight is 329 g/mol. The monoisotopic (exact) mass is 329 g/mol. The van der Waals surface area contributed by atoms with Gasteiger partial charge in [-0.05, 0) is 6.42 Å². The maximum atomic E-state index is 12.4. The molecule has 9 heteroatoms. The van der Waals surface area contributed by atoms with Crippen LogP contribution < -0.4 is 4.90 Å². The third-order valence-electron chi connectivity index (χ3n) is 4.49. The second-order valence-electron chi connectivity index (χ2n) is 5.95. The van der Waals surface area contributed by atoms with Gasteiger partial charge in [0, 0.05) is 38.9 Å². The standard InChI is InChI=1S/C15H19N7O2/c23-15(12-1-6-24-8-12)21-4-2-20(3-5-21)13-7-14(18-10-17-13)22-11-16-9-19-22/h7,9-12H,1-6,8H2. The molecule has 0 saturated carbocycles. The molecule has 126 valence electrons. The molecule has 0 bridgehead atoms. The van der Waals surface area contributed by atoms with Crippen LogP contribution in [-0.4, -0.2) is 74.9 Å². The molecule has 1 amide bonds. The molecule has 0 aromatic carbocycles. The van der Waals surface area contributed by atoms with Crippen molar-refractivity contribution in [1.29, 1.82) is 0 Å². The van der Waals surface area contributed by atoms with E-state index in [0.717, 1.165) is 25.3 Å². The van der Waals surface area contributed by atoms with Crippen LogP contribution >= 0.6 is 0 Å². The molecule has 1 unspecified atom stereocenters. The normalized spacial score (nSPS) is 21.2. The fraction of sp³-hybridized carbons (Fsp3) is 0.533. The van der Waals surface area contributed by atoms with Crippen LogP contribution in [0.2, 0.25) is 0 Å². The van der Waals surface area contributed by atoms with Gasteiger partial charge in [-0.15, -0.1) is 0 Å². The minimum atomic E-state index is 0.0366. The van der Waals surface area contributed by atoms with E-state index >= 15 is 0 Å². The number of anilines is 1. The minimum absolute atomic E-state index is 0.0366. The van der Waals surface area contributed by atoms with E-state index in [1.807, 2.05) is 11.0 Å². The van der Waals surface area contributed by atoms with E-state index in [1.165, 1.54) is 12.7 Å². The number of aromatic nitrogens is 5. The minimum Gasteiger partial charge on any atom is -0.381 e. The van der Waals surface area contributed by atoms with Crippen molar-refractivity contribution in [1.82, 2.24) is 29.6 Å². The Morgan fingerprint density at radius 1 is 1.12 bits per heavy atom. The number of carbonyl (C=O) groups excluding carboxylic acids is 1. The first-order valence-corrected chi connectivity index (χ1v) is 8.10. The van der Waals surface area contributed by atoms with Crippen molar-refractivity contribution < 1.29 is 9.53 Å². The Labute approximate surface area is 139 Å². The summed E-state index contributed by atoms with van der Waals surface area (Å²) in [5.41, 5.74) is 0. The Hall–Kier alpha value is -2.55. The van der Waals surface area contributed by atoms with Crippen molar-refractivity contribution in [3.8, 4) is 5.82 Å². The molecule has 24 heavy (non-hydrogen) atoms. The summed E-state index contributed by atoms with van der Waals surface area (Å²) in [5, 5.41) is 4.08. The summed E-state index contributed by atoms with van der Waals surface area (Å²) >= 11 is 0. The van der Waals surface area contributed by atoms with Crippen LogP contribution in [0.5, 0.6) is 0 Å². The first-order chi connectivity index (χ1) is 11.8. The maximum absolute atomic E-state index is 12.4. The number of rotatable bonds is 3. The summed E-state index contributed by atoms with van der Waals surface area (Å²) in [6.45, 7) is 4.19. The van der Waals surface area contributed by atoms with Crippen molar-refractivity contribution >= 4 is 11.7 Å². The molecule has 0 aliphatic carbocycles. The van der Waals surface area contributed by atoms with Crippen molar-refractivity contribution in [2.75, 3.05) is 44.3 Å². The van der Waals surface area contributed by atoms with E-state index in [1.54, 1.807) is 11.0 Å². The van der Waals surface area contributed by atoms with Crippen LogP contribution in [0.3, 0.4) is 0 Å². The zero-order valence-corrected chi connectivity index (χ0v) is 13.3. The third kappa shape index (κ3) is 2.94. The largest absolute Gasteiger partial charge is 0.381 e. The summed E-state index contributed by atoms with van der Waals surface area (Å²) in [4.78, 5) is 29.0. The second kappa shape index (κ2) is 6.52. The highest BCUT2D eigenvalue weighted by molar-refractivity contribution is 5.79. The van der Waals surface area contributed by atoms with E-state index in [-0.39, 0.29) is 11.8 Å². The summed E-state index contributed by atoms with van der Waals surface area (Å²) in [6.07, 6.45) is 5.44. The van der Waals surface area contributed by atoms with E-state index < -0.39 is 0 Å². The number of amides is 1. The molecule has 0 radical (unpaired) electrons. The van der Waals surface area contributed by atoms with Crippen LogP contribution in [0.1, 0.15) is 6.42 Å². The van der Waals surface area contributed by atoms with Gasteiger partial charge in [0.1, 0.15) is 24.8 Å². The summed E-state index contributed by atoms with van der Waals surface area (Å²) < 4.78 is 6.92. The van der Waals surface area contributed by atoms with Gasteiger partial charge in [0.25, 0.3) is 0 Å². The number of carbonyl (C=O) groups is 1. The van der Waals surface area contributed by atoms with Gasteiger partial charge in [0.15, 0.2) is 5.82 Å². The Morgan fingerprint density at radius 3 is 2.67 bits per heavy atom. The van der Waals surface area contributed by atoms with Gasteiger partial charge >= 0.3 is 0 Å². The van der Waals surface area contributed by atoms with Gasteiger partial charge in [-0.2, -0.15) is 5.10 Å². The molecule has 2 saturated heterocycles. The lowest BCUT2D eigenvalue weighted by Crippen LogP contribution is -2.50. The fourth-order valence-corrected chi connectivity index (χ4v) is 3.11. The lowest BCUT2D eigenvalue weighted by Gasteiger charge is -2.36. The summed E-state index contributed by atoms with van der Waals surface area (Å²) in [6, 6.07) is 1.89. The van der Waals surface area contributed by atoms with E-state index in [2.05, 4.69) is 25.0 Å². The van der Waals surface area contributed by atoms with E-state index in [0.29, 0.717) is 32.1 Å². The molecule has 2 aliphatic rings. The van der Waals surface area contributed by atoms with Gasteiger partial charge in [-0.3, -0.25) is 4.79 Å². The smallest absolute Gasteiger partial charge is 0.228 e. The summed E-state index contributed by atoms with van der Waals surface area (Å²) in [5.74, 6) is 1.78. The number of piperazine rings is 1. The molecule has 1 atom stereocenters. The number of hydrogen-bond donors (Lipinski definition) is 0. The first-order valence-electron chi connectivity index (χ1n) is 8.10. The molecule has 9 nitrogen and oxygen atoms in total. The van der Waals surface area contributed by atoms with Crippen molar-refractivity contribution in [3.63, 3.8) is 0 Å². The van der Waals surface area contributed by atoms with Crippen LogP contribution in [0.25, 0.3) is 5.82 Å². The Morgan fingerprint density at radius 2 is 1.96 bits per heavy atom. The lowest BCUT2D eigenvalue weighted by atomic mass is 10.1. The van der Waals surface area contributed by atoms with Crippen LogP contribution in [-0.2, 0) is 9.53 Å². The van der Waals surface area contributed by atoms with Gasteiger partial charge in [0.05, 0.1) is 12.5 Å². The van der Waals surface area contributed by atoms with Gasteiger partial charge in [0.2, 0.25) is 5.91 Å². The SMILES string of the molecule is O=C(C1CCOC1)N1CCN(c2cc(-n3cncn3)ncn2)CC1. The highest BCUT2D eigenvalue weighted by Gasteiger charge is 2.30. The molecule has 2 aliphatic heterocycles. The van der Waals surface area contributed by atoms with Gasteiger partial charge < -0.3 is 14.5 Å². The average Bonchev–Trinajstić information content (AvgIpc) is 3.35. The van der Waals surface area contributed by atoms with E-state index in [9.17, 15) is 4.79 Å². The first kappa shape index (κ1) is 15.0. The van der Waals surface area contributed by atoms with Gasteiger partial charge in [-0.1, -0.05) is 0 Å². The third-order valence-corrected chi connectivity index (χ3v) is 4.49. The van der Waals surface area contributed by atoms with E-state index in [4.69, 9.17) is 4.74 Å². The summed E-state index contributed by atoms with van der Waals surface area (Å²) in [7, 11) is 0. The number of ether oxygens (including phenoxy) is 1. The maximum Gasteiger partial charge on any atom is 0.228 e. The highest BCUT2D eigenvalue weighted by Crippen LogP contribution is 2.19. The van der Waals surface area contributed by atoms with Crippen LogP contribution in [0.4, 0.5) is 5.82 Å². The predicted molar refractivity (Wildman–Crippen MR) is 84.7 cm³/mol. The zero-order valence-electron chi connectivity index (χ0n) is 13.3. The lowest BCUT2D eigenvalue weighted by molar-refractivity contribution is -0.135. The van der Waals surface area contributed by atoms with Crippen LogP contribution in [0.15, 0.2) is 25.0 Å². The molecule has 2 aromatic heterocycles. The van der Waals surface area contributed by atoms with Crippen molar-refractivity contribution in [2.24, 2.45) is 5.92 Å². The quantitative estimate of drug-likeness (QED) is 0.766. The predicted octanol–water partition coefficient (Wildman–Crippen LogP) is -0.258. The molecular weight excluding hydrogens is 310 g/mol.